The van der Waals surface area contributed by atoms with Crippen LogP contribution in [0, 0.1) is 23.7 Å². The molecule has 0 spiro atoms. The van der Waals surface area contributed by atoms with Crippen molar-refractivity contribution in [3.05, 3.63) is 254 Å². The van der Waals surface area contributed by atoms with Gasteiger partial charge in [0.05, 0.1) is 35.0 Å². The van der Waals surface area contributed by atoms with Gasteiger partial charge in [-0.3, -0.25) is 19.2 Å². The first-order valence-corrected chi connectivity index (χ1v) is 38.5. The van der Waals surface area contributed by atoms with Crippen molar-refractivity contribution in [1.29, 1.82) is 0 Å². The zero-order valence-electron chi connectivity index (χ0n) is 59.6. The summed E-state index contributed by atoms with van der Waals surface area (Å²) in [5.41, 5.74) is 5.75. The third-order valence-corrected chi connectivity index (χ3v) is 22.6. The molecule has 4 saturated heterocycles. The fraction of sp³-hybridized carbons (Fsp3) is 0.470. The van der Waals surface area contributed by atoms with E-state index in [2.05, 4.69) is 103 Å². The Bertz CT molecular complexity index is 4230. The van der Waals surface area contributed by atoms with Crippen LogP contribution in [-0.4, -0.2) is 83.9 Å². The van der Waals surface area contributed by atoms with Crippen molar-refractivity contribution in [3.63, 3.8) is 0 Å². The van der Waals surface area contributed by atoms with E-state index in [1.807, 2.05) is 115 Å². The van der Waals surface area contributed by atoms with Crippen molar-refractivity contribution >= 4 is 69.2 Å². The molecular weight excluding hydrogens is 1370 g/mol. The van der Waals surface area contributed by atoms with Gasteiger partial charge < -0.3 is 42.6 Å². The van der Waals surface area contributed by atoms with Crippen LogP contribution in [0.25, 0.3) is 0 Å². The number of alkyl halides is 2. The van der Waals surface area contributed by atoms with E-state index in [9.17, 15) is 23.6 Å². The summed E-state index contributed by atoms with van der Waals surface area (Å²) in [6.45, 7) is 17.3. The highest BCUT2D eigenvalue weighted by Gasteiger charge is 2.39. The number of rotatable bonds is 20. The standard InChI is InChI=1S/C22H26ClFN2O2.C21H27ClN2O.C20H22ClFN2O.C20H25ClN2O/c23-20-19(8-12-26(21(20)27)16-17-6-7-17)25-13-9-22(10-14-25,28-15-11-24)18-4-2-1-3-5-18;1-16(2)8-12-24-15-11-19(20(22)21(24)25)23-13-9-18(10-14-23)17-6-4-3-5-7-17;21-18-17(8-11-24(19(18)25)14-15-6-7-15)23-12-9-20(22,10-13-23)16-4-2-1-3-5-16;1-15(2)14-23-13-10-18(19(21)20(23)24)22-11-8-17(9-12-22)16-6-4-3-5-7-16/h1-5,8,12,17H,6-7,9-11,13-16H2;3-7,11,15-16,18H,8-10,12-14H2,1-2H3;1-5,8,11,15H,6-7,9-10,12-14H2;3-7,10,13,15,17H,8-9,11-12,14H2,1-2H3. The highest BCUT2D eigenvalue weighted by molar-refractivity contribution is 6.34. The number of nitrogens with zero attached hydrogens (tertiary/aromatic N) is 8. The van der Waals surface area contributed by atoms with Crippen LogP contribution >= 0.6 is 46.4 Å². The number of pyridine rings is 4. The van der Waals surface area contributed by atoms with E-state index in [-0.39, 0.29) is 33.9 Å². The minimum absolute atomic E-state index is 0.0648. The van der Waals surface area contributed by atoms with Gasteiger partial charge in [-0.25, -0.2) is 8.78 Å². The Morgan fingerprint density at radius 3 is 1.15 bits per heavy atom. The van der Waals surface area contributed by atoms with Crippen molar-refractivity contribution in [2.45, 2.75) is 160 Å². The second kappa shape index (κ2) is 35.6. The Kier molecular flexibility index (Phi) is 26.5. The molecule has 2 saturated carbocycles. The Hall–Kier alpha value is -7.14. The topological polar surface area (TPSA) is 110 Å². The molecule has 0 amide bonds. The molecule has 4 aliphatic heterocycles. The second-order valence-corrected chi connectivity index (χ2v) is 31.0. The molecule has 8 heterocycles. The maximum Gasteiger partial charge on any atom is 0.271 e. The molecule has 4 aromatic heterocycles. The number of anilines is 4. The van der Waals surface area contributed by atoms with Gasteiger partial charge in [-0.15, -0.1) is 0 Å². The third-order valence-electron chi connectivity index (χ3n) is 21.2. The molecule has 6 aliphatic rings. The van der Waals surface area contributed by atoms with E-state index in [0.717, 1.165) is 125 Å². The highest BCUT2D eigenvalue weighted by Crippen LogP contribution is 2.42. The molecule has 0 unspecified atom stereocenters. The van der Waals surface area contributed by atoms with Crippen LogP contribution < -0.4 is 41.8 Å². The number of benzene rings is 4. The molecule has 102 heavy (non-hydrogen) atoms. The number of aryl methyl sites for hydroxylation is 1. The first-order valence-electron chi connectivity index (χ1n) is 37.0. The smallest absolute Gasteiger partial charge is 0.271 e. The minimum Gasteiger partial charge on any atom is -0.370 e. The van der Waals surface area contributed by atoms with Crippen LogP contribution in [0.4, 0.5) is 31.5 Å². The zero-order valence-corrected chi connectivity index (χ0v) is 62.6. The Morgan fingerprint density at radius 1 is 0.422 bits per heavy atom. The molecule has 8 aromatic rings. The maximum atomic E-state index is 15.3. The van der Waals surface area contributed by atoms with Crippen molar-refractivity contribution in [1.82, 2.24) is 18.3 Å². The van der Waals surface area contributed by atoms with Crippen LogP contribution in [-0.2, 0) is 42.2 Å². The highest BCUT2D eigenvalue weighted by atomic mass is 35.5. The molecule has 6 fully saturated rings. The van der Waals surface area contributed by atoms with Crippen LogP contribution in [0.2, 0.25) is 20.1 Å². The van der Waals surface area contributed by atoms with Gasteiger partial charge in [0.25, 0.3) is 22.2 Å². The largest absolute Gasteiger partial charge is 0.370 e. The Labute approximate surface area is 620 Å². The van der Waals surface area contributed by atoms with Crippen LogP contribution in [0.15, 0.2) is 190 Å². The molecule has 0 N–H and O–H groups in total. The number of halogens is 6. The molecule has 13 nitrogen and oxygen atoms in total. The van der Waals surface area contributed by atoms with Crippen LogP contribution in [0.5, 0.6) is 0 Å². The van der Waals surface area contributed by atoms with Gasteiger partial charge in [-0.05, 0) is 153 Å². The third kappa shape index (κ3) is 19.4. The number of hydrogen-bond donors (Lipinski definition) is 0. The molecule has 0 radical (unpaired) electrons. The van der Waals surface area contributed by atoms with Gasteiger partial charge in [0.15, 0.2) is 0 Å². The maximum absolute atomic E-state index is 15.3. The lowest BCUT2D eigenvalue weighted by Crippen LogP contribution is -2.45. The van der Waals surface area contributed by atoms with Crippen molar-refractivity contribution in [2.75, 3.05) is 85.2 Å². The fourth-order valence-electron chi connectivity index (χ4n) is 14.8. The van der Waals surface area contributed by atoms with Gasteiger partial charge in [0.2, 0.25) is 0 Å². The van der Waals surface area contributed by atoms with E-state index in [4.69, 9.17) is 51.1 Å². The van der Waals surface area contributed by atoms with E-state index in [1.54, 1.807) is 18.3 Å². The van der Waals surface area contributed by atoms with Crippen molar-refractivity contribution < 1.29 is 13.5 Å². The van der Waals surface area contributed by atoms with E-state index < -0.39 is 17.9 Å². The molecular formula is C83H100Cl4F2N8O5. The van der Waals surface area contributed by atoms with Crippen LogP contribution in [0.3, 0.4) is 0 Å². The van der Waals surface area contributed by atoms with E-state index >= 15 is 4.39 Å². The lowest BCUT2D eigenvalue weighted by Gasteiger charge is -2.43. The number of ether oxygens (including phenoxy) is 1. The predicted molar refractivity (Wildman–Crippen MR) is 416 cm³/mol. The number of piperidine rings is 4. The first kappa shape index (κ1) is 76.0. The summed E-state index contributed by atoms with van der Waals surface area (Å²) >= 11 is 25.6. The summed E-state index contributed by atoms with van der Waals surface area (Å²) in [5, 5.41) is 1.27. The van der Waals surface area contributed by atoms with Crippen molar-refractivity contribution in [2.24, 2.45) is 23.7 Å². The molecule has 4 aromatic carbocycles. The quantitative estimate of drug-likeness (QED) is 0.0737. The van der Waals surface area contributed by atoms with E-state index in [1.165, 1.54) is 36.8 Å². The Balaban J connectivity index is 0.000000137. The average Bonchev–Trinajstić information content (AvgIpc) is 1.37. The second-order valence-electron chi connectivity index (χ2n) is 29.4. The first-order chi connectivity index (χ1) is 49.3. The molecule has 2 aliphatic carbocycles. The van der Waals surface area contributed by atoms with E-state index in [0.29, 0.717) is 96.1 Å². The zero-order chi connectivity index (χ0) is 71.9. The van der Waals surface area contributed by atoms with Crippen LogP contribution in [0.1, 0.15) is 145 Å². The molecule has 0 bridgehead atoms. The summed E-state index contributed by atoms with van der Waals surface area (Å²) in [4.78, 5) is 58.8. The lowest BCUT2D eigenvalue weighted by atomic mass is 9.84. The summed E-state index contributed by atoms with van der Waals surface area (Å²) in [6.07, 6.45) is 19.8. The fourth-order valence-corrected chi connectivity index (χ4v) is 15.9. The molecule has 544 valence electrons. The summed E-state index contributed by atoms with van der Waals surface area (Å²) in [7, 11) is 0. The van der Waals surface area contributed by atoms with Crippen molar-refractivity contribution in [3.8, 4) is 0 Å². The minimum atomic E-state index is -1.30. The summed E-state index contributed by atoms with van der Waals surface area (Å²) in [6, 6.07) is 48.6. The lowest BCUT2D eigenvalue weighted by molar-refractivity contribution is -0.0715. The number of aromatic nitrogens is 4. The van der Waals surface area contributed by atoms with Gasteiger partial charge in [0.1, 0.15) is 32.4 Å². The van der Waals surface area contributed by atoms with Gasteiger partial charge >= 0.3 is 0 Å². The molecule has 14 rings (SSSR count). The predicted octanol–water partition coefficient (Wildman–Crippen LogP) is 18.2. The molecule has 19 heteroatoms. The Morgan fingerprint density at radius 2 is 0.765 bits per heavy atom. The SMILES string of the molecule is CC(C)CCn1ccc(N2CCC(c3ccccc3)CC2)c(Cl)c1=O.CC(C)Cn1ccc(N2CCC(c3ccccc3)CC2)c(Cl)c1=O.O=c1c(Cl)c(N2CCC(F)(c3ccccc3)CC2)ccn1CC1CC1.O=c1c(Cl)c(N2CCC(OCCF)(c3ccccc3)CC2)ccn1CC1CC1. The number of hydrogen-bond acceptors (Lipinski definition) is 9. The average molecular weight is 1470 g/mol. The summed E-state index contributed by atoms with van der Waals surface area (Å²) < 4.78 is 41.0. The normalized spacial score (nSPS) is 17.7. The monoisotopic (exact) mass is 1470 g/mol. The molecule has 0 atom stereocenters. The van der Waals surface area contributed by atoms with Gasteiger partial charge in [-0.1, -0.05) is 195 Å². The van der Waals surface area contributed by atoms with Gasteiger partial charge in [0, 0.05) is 116 Å². The summed E-state index contributed by atoms with van der Waals surface area (Å²) in [5.74, 6) is 3.43. The van der Waals surface area contributed by atoms with Gasteiger partial charge in [-0.2, -0.15) is 0 Å².